The van der Waals surface area contributed by atoms with Crippen LogP contribution in [0.2, 0.25) is 0 Å². The van der Waals surface area contributed by atoms with E-state index in [4.69, 9.17) is 0 Å². The first kappa shape index (κ1) is 6.52. The van der Waals surface area contributed by atoms with Gasteiger partial charge < -0.3 is 5.32 Å². The SMILES string of the molecule is CC(=O)N[C@@H]1CC[C@@H]1F. The number of amides is 1. The van der Waals surface area contributed by atoms with Crippen LogP contribution in [0.5, 0.6) is 0 Å². The van der Waals surface area contributed by atoms with Crippen LogP contribution in [0.3, 0.4) is 0 Å². The van der Waals surface area contributed by atoms with Crippen molar-refractivity contribution >= 4 is 5.91 Å². The lowest BCUT2D eigenvalue weighted by Crippen LogP contribution is -2.47. The van der Waals surface area contributed by atoms with Crippen molar-refractivity contribution in [3.8, 4) is 0 Å². The van der Waals surface area contributed by atoms with Crippen molar-refractivity contribution in [3.63, 3.8) is 0 Å². The summed E-state index contributed by atoms with van der Waals surface area (Å²) in [5, 5.41) is 2.52. The third kappa shape index (κ3) is 1.40. The smallest absolute Gasteiger partial charge is 0.217 e. The molecule has 52 valence electrons. The van der Waals surface area contributed by atoms with Crippen molar-refractivity contribution in [2.75, 3.05) is 0 Å². The first-order valence-electron chi connectivity index (χ1n) is 3.11. The number of carbonyl (C=O) groups is 1. The highest BCUT2D eigenvalue weighted by atomic mass is 19.1. The van der Waals surface area contributed by atoms with E-state index in [1.54, 1.807) is 0 Å². The molecule has 0 radical (unpaired) electrons. The van der Waals surface area contributed by atoms with E-state index < -0.39 is 6.17 Å². The molecule has 1 amide bonds. The van der Waals surface area contributed by atoms with Gasteiger partial charge in [0.2, 0.25) is 5.91 Å². The lowest BCUT2D eigenvalue weighted by molar-refractivity contribution is -0.121. The molecule has 1 N–H and O–H groups in total. The van der Waals surface area contributed by atoms with Gasteiger partial charge in [0, 0.05) is 6.92 Å². The summed E-state index contributed by atoms with van der Waals surface area (Å²) < 4.78 is 12.3. The Labute approximate surface area is 53.4 Å². The van der Waals surface area contributed by atoms with E-state index in [2.05, 4.69) is 5.32 Å². The zero-order valence-corrected chi connectivity index (χ0v) is 5.36. The molecule has 2 atom stereocenters. The molecule has 1 saturated carbocycles. The fraction of sp³-hybridized carbons (Fsp3) is 0.833. The Morgan fingerprint density at radius 3 is 2.44 bits per heavy atom. The molecule has 0 aromatic rings. The second-order valence-corrected chi connectivity index (χ2v) is 2.40. The maximum absolute atomic E-state index is 12.3. The minimum absolute atomic E-state index is 0.137. The first-order chi connectivity index (χ1) is 4.20. The van der Waals surface area contributed by atoms with Gasteiger partial charge in [-0.3, -0.25) is 4.79 Å². The number of hydrogen-bond acceptors (Lipinski definition) is 1. The average Bonchev–Trinajstić information content (AvgIpc) is 1.79. The van der Waals surface area contributed by atoms with Crippen molar-refractivity contribution in [1.29, 1.82) is 0 Å². The number of hydrogen-bond donors (Lipinski definition) is 1. The molecular formula is C6H10FNO. The largest absolute Gasteiger partial charge is 0.351 e. The Morgan fingerprint density at radius 2 is 2.33 bits per heavy atom. The molecule has 0 aromatic carbocycles. The summed E-state index contributed by atoms with van der Waals surface area (Å²) in [4.78, 5) is 10.3. The fourth-order valence-electron chi connectivity index (χ4n) is 0.883. The second kappa shape index (κ2) is 2.33. The predicted octanol–water partition coefficient (Wildman–Crippen LogP) is 0.623. The third-order valence-corrected chi connectivity index (χ3v) is 1.58. The lowest BCUT2D eigenvalue weighted by Gasteiger charge is -2.30. The van der Waals surface area contributed by atoms with Gasteiger partial charge >= 0.3 is 0 Å². The summed E-state index contributed by atoms with van der Waals surface area (Å²) in [6, 6.07) is -0.192. The Morgan fingerprint density at radius 1 is 1.67 bits per heavy atom. The van der Waals surface area contributed by atoms with E-state index in [-0.39, 0.29) is 11.9 Å². The quantitative estimate of drug-likeness (QED) is 0.555. The fourth-order valence-corrected chi connectivity index (χ4v) is 0.883. The molecule has 0 unspecified atom stereocenters. The van der Waals surface area contributed by atoms with Crippen molar-refractivity contribution in [3.05, 3.63) is 0 Å². The Kier molecular flexibility index (Phi) is 1.69. The van der Waals surface area contributed by atoms with Gasteiger partial charge in [-0.05, 0) is 12.8 Å². The van der Waals surface area contributed by atoms with E-state index in [9.17, 15) is 9.18 Å². The molecule has 1 fully saturated rings. The summed E-state index contributed by atoms with van der Waals surface area (Å²) in [6.45, 7) is 1.41. The predicted molar refractivity (Wildman–Crippen MR) is 31.7 cm³/mol. The zero-order valence-electron chi connectivity index (χ0n) is 5.36. The summed E-state index contributed by atoms with van der Waals surface area (Å²) >= 11 is 0. The molecule has 3 heteroatoms. The molecule has 9 heavy (non-hydrogen) atoms. The van der Waals surface area contributed by atoms with Gasteiger partial charge in [0.05, 0.1) is 6.04 Å². The summed E-state index contributed by atoms with van der Waals surface area (Å²) in [7, 11) is 0. The molecule has 0 saturated heterocycles. The number of carbonyl (C=O) groups excluding carboxylic acids is 1. The van der Waals surface area contributed by atoms with Crippen LogP contribution >= 0.6 is 0 Å². The molecule has 0 aliphatic heterocycles. The van der Waals surface area contributed by atoms with Gasteiger partial charge in [-0.1, -0.05) is 0 Å². The first-order valence-corrected chi connectivity index (χ1v) is 3.11. The standard InChI is InChI=1S/C6H10FNO/c1-4(9)8-6-3-2-5(6)7/h5-6H,2-3H2,1H3,(H,8,9)/t5-,6+/m0/s1. The van der Waals surface area contributed by atoms with Crippen molar-refractivity contribution in [2.45, 2.75) is 32.0 Å². The van der Waals surface area contributed by atoms with Gasteiger partial charge in [-0.2, -0.15) is 0 Å². The average molecular weight is 131 g/mol. The Hall–Kier alpha value is -0.600. The Balaban J connectivity index is 2.21. The summed E-state index contributed by atoms with van der Waals surface area (Å²) in [6.07, 6.45) is 0.597. The van der Waals surface area contributed by atoms with Crippen LogP contribution in [-0.4, -0.2) is 18.1 Å². The molecule has 1 aliphatic rings. The Bertz CT molecular complexity index is 126. The number of nitrogens with one attached hydrogen (secondary N) is 1. The highest BCUT2D eigenvalue weighted by Crippen LogP contribution is 2.22. The van der Waals surface area contributed by atoms with E-state index in [1.165, 1.54) is 6.92 Å². The van der Waals surface area contributed by atoms with E-state index in [1.807, 2.05) is 0 Å². The molecule has 0 spiro atoms. The summed E-state index contributed by atoms with van der Waals surface area (Å²) in [5.74, 6) is -0.137. The molecule has 0 heterocycles. The number of alkyl halides is 1. The van der Waals surface area contributed by atoms with Crippen LogP contribution in [0.4, 0.5) is 4.39 Å². The minimum Gasteiger partial charge on any atom is -0.351 e. The molecule has 1 rings (SSSR count). The normalized spacial score (nSPS) is 33.1. The van der Waals surface area contributed by atoms with E-state index >= 15 is 0 Å². The van der Waals surface area contributed by atoms with Crippen LogP contribution in [0.15, 0.2) is 0 Å². The number of halogens is 1. The van der Waals surface area contributed by atoms with Crippen LogP contribution < -0.4 is 5.32 Å². The van der Waals surface area contributed by atoms with Gasteiger partial charge in [0.25, 0.3) is 0 Å². The van der Waals surface area contributed by atoms with Crippen LogP contribution in [0.25, 0.3) is 0 Å². The van der Waals surface area contributed by atoms with Crippen LogP contribution in [-0.2, 0) is 4.79 Å². The van der Waals surface area contributed by atoms with Crippen molar-refractivity contribution < 1.29 is 9.18 Å². The summed E-state index contributed by atoms with van der Waals surface area (Å²) in [5.41, 5.74) is 0. The zero-order chi connectivity index (χ0) is 6.85. The highest BCUT2D eigenvalue weighted by Gasteiger charge is 2.30. The van der Waals surface area contributed by atoms with Crippen molar-refractivity contribution in [1.82, 2.24) is 5.32 Å². The highest BCUT2D eigenvalue weighted by molar-refractivity contribution is 5.73. The molecule has 0 aromatic heterocycles. The maximum atomic E-state index is 12.3. The van der Waals surface area contributed by atoms with Crippen LogP contribution in [0.1, 0.15) is 19.8 Å². The van der Waals surface area contributed by atoms with Gasteiger partial charge in [0.15, 0.2) is 0 Å². The van der Waals surface area contributed by atoms with Crippen LogP contribution in [0, 0.1) is 0 Å². The number of rotatable bonds is 1. The minimum atomic E-state index is -0.797. The van der Waals surface area contributed by atoms with Gasteiger partial charge in [0.1, 0.15) is 6.17 Å². The molecule has 0 bridgehead atoms. The lowest BCUT2D eigenvalue weighted by atomic mass is 9.91. The monoisotopic (exact) mass is 131 g/mol. The molecule has 2 nitrogen and oxygen atoms in total. The molecule has 1 aliphatic carbocycles. The van der Waals surface area contributed by atoms with E-state index in [0.717, 1.165) is 6.42 Å². The molecular weight excluding hydrogens is 121 g/mol. The van der Waals surface area contributed by atoms with Gasteiger partial charge in [-0.15, -0.1) is 0 Å². The van der Waals surface area contributed by atoms with E-state index in [0.29, 0.717) is 6.42 Å². The second-order valence-electron chi connectivity index (χ2n) is 2.40. The third-order valence-electron chi connectivity index (χ3n) is 1.58. The van der Waals surface area contributed by atoms with Crippen molar-refractivity contribution in [2.24, 2.45) is 0 Å². The van der Waals surface area contributed by atoms with Gasteiger partial charge in [-0.25, -0.2) is 4.39 Å². The maximum Gasteiger partial charge on any atom is 0.217 e. The topological polar surface area (TPSA) is 29.1 Å².